The fourth-order valence-corrected chi connectivity index (χ4v) is 3.77. The Morgan fingerprint density at radius 1 is 1.35 bits per heavy atom. The standard InChI is InChI=1S/C20H29N3O3/c1-2-15(18(24)20-23-16-10-6-7-11-17(16)26-20)22-19(25)14(21)12-13-8-4-3-5-9-13/h6-7,10-11,13-15,18,24H,2-5,8-9,12,21H2,1H3,(H,22,25)/t14-,15-,18?/m0/s1. The number of oxazole rings is 1. The van der Waals surface area contributed by atoms with Crippen molar-refractivity contribution in [3.63, 3.8) is 0 Å². The summed E-state index contributed by atoms with van der Waals surface area (Å²) < 4.78 is 5.63. The van der Waals surface area contributed by atoms with Crippen LogP contribution < -0.4 is 11.1 Å². The second-order valence-electron chi connectivity index (χ2n) is 7.33. The number of aromatic nitrogens is 1. The van der Waals surface area contributed by atoms with Gasteiger partial charge in [-0.1, -0.05) is 51.2 Å². The Morgan fingerprint density at radius 3 is 2.77 bits per heavy atom. The zero-order valence-corrected chi connectivity index (χ0v) is 15.4. The monoisotopic (exact) mass is 359 g/mol. The Morgan fingerprint density at radius 2 is 2.08 bits per heavy atom. The van der Waals surface area contributed by atoms with Gasteiger partial charge in [-0.2, -0.15) is 0 Å². The molecule has 0 radical (unpaired) electrons. The van der Waals surface area contributed by atoms with Crippen molar-refractivity contribution in [1.29, 1.82) is 0 Å². The summed E-state index contributed by atoms with van der Waals surface area (Å²) in [4.78, 5) is 16.8. The van der Waals surface area contributed by atoms with Gasteiger partial charge in [-0.15, -0.1) is 0 Å². The smallest absolute Gasteiger partial charge is 0.237 e. The highest BCUT2D eigenvalue weighted by Crippen LogP contribution is 2.27. The van der Waals surface area contributed by atoms with E-state index in [0.717, 1.165) is 12.8 Å². The lowest BCUT2D eigenvalue weighted by atomic mass is 9.85. The van der Waals surface area contributed by atoms with E-state index >= 15 is 0 Å². The van der Waals surface area contributed by atoms with Crippen LogP contribution in [0.1, 0.15) is 63.9 Å². The Labute approximate surface area is 154 Å². The van der Waals surface area contributed by atoms with Gasteiger partial charge in [0.15, 0.2) is 11.7 Å². The van der Waals surface area contributed by atoms with Gasteiger partial charge in [0.05, 0.1) is 12.1 Å². The van der Waals surface area contributed by atoms with Crippen LogP contribution in [0.25, 0.3) is 11.1 Å². The van der Waals surface area contributed by atoms with E-state index in [1.807, 2.05) is 25.1 Å². The first-order chi connectivity index (χ1) is 12.6. The van der Waals surface area contributed by atoms with Crippen molar-refractivity contribution in [2.75, 3.05) is 0 Å². The molecule has 1 fully saturated rings. The molecule has 0 bridgehead atoms. The molecule has 26 heavy (non-hydrogen) atoms. The minimum Gasteiger partial charge on any atom is -0.438 e. The third kappa shape index (κ3) is 4.43. The van der Waals surface area contributed by atoms with Crippen LogP contribution in [0.3, 0.4) is 0 Å². The van der Waals surface area contributed by atoms with Crippen LogP contribution in [0.5, 0.6) is 0 Å². The van der Waals surface area contributed by atoms with Crippen LogP contribution in [0.2, 0.25) is 0 Å². The lowest BCUT2D eigenvalue weighted by Crippen LogP contribution is -2.48. The van der Waals surface area contributed by atoms with Gasteiger partial charge in [0.2, 0.25) is 11.8 Å². The molecule has 1 aromatic heterocycles. The molecule has 1 amide bonds. The van der Waals surface area contributed by atoms with E-state index in [1.54, 1.807) is 6.07 Å². The maximum atomic E-state index is 12.5. The minimum atomic E-state index is -1.00. The molecular formula is C20H29N3O3. The number of rotatable bonds is 7. The summed E-state index contributed by atoms with van der Waals surface area (Å²) in [6.07, 6.45) is 6.32. The highest BCUT2D eigenvalue weighted by molar-refractivity contribution is 5.81. The molecule has 1 aliphatic carbocycles. The average Bonchev–Trinajstić information content (AvgIpc) is 3.10. The summed E-state index contributed by atoms with van der Waals surface area (Å²) in [5.74, 6) is 0.545. The lowest BCUT2D eigenvalue weighted by Gasteiger charge is -2.26. The summed E-state index contributed by atoms with van der Waals surface area (Å²) in [5.41, 5.74) is 7.43. The highest BCUT2D eigenvalue weighted by atomic mass is 16.4. The SMILES string of the molecule is CC[C@H](NC(=O)[C@@H](N)CC1CCCCC1)C(O)c1nc2ccccc2o1. The van der Waals surface area contributed by atoms with Gasteiger partial charge in [0.25, 0.3) is 0 Å². The number of aliphatic hydroxyl groups excluding tert-OH is 1. The fourth-order valence-electron chi connectivity index (χ4n) is 3.77. The molecule has 1 heterocycles. The fraction of sp³-hybridized carbons (Fsp3) is 0.600. The molecule has 1 aromatic carbocycles. The van der Waals surface area contributed by atoms with Gasteiger partial charge in [-0.05, 0) is 30.9 Å². The Kier molecular flexibility index (Phi) is 6.27. The van der Waals surface area contributed by atoms with Gasteiger partial charge < -0.3 is 20.6 Å². The Balaban J connectivity index is 1.61. The predicted octanol–water partition coefficient (Wildman–Crippen LogP) is 3.05. The third-order valence-corrected chi connectivity index (χ3v) is 5.36. The van der Waals surface area contributed by atoms with Crippen molar-refractivity contribution in [2.24, 2.45) is 11.7 Å². The second kappa shape index (κ2) is 8.64. The van der Waals surface area contributed by atoms with Gasteiger partial charge in [-0.25, -0.2) is 4.98 Å². The number of nitrogens with two attached hydrogens (primary N) is 1. The number of carbonyl (C=O) groups is 1. The Bertz CT molecular complexity index is 691. The molecule has 1 saturated carbocycles. The number of amides is 1. The van der Waals surface area contributed by atoms with Gasteiger partial charge in [-0.3, -0.25) is 4.79 Å². The van der Waals surface area contributed by atoms with Crippen LogP contribution in [0, 0.1) is 5.92 Å². The number of nitrogens with zero attached hydrogens (tertiary/aromatic N) is 1. The maximum absolute atomic E-state index is 12.5. The van der Waals surface area contributed by atoms with Crippen molar-refractivity contribution in [3.05, 3.63) is 30.2 Å². The van der Waals surface area contributed by atoms with Gasteiger partial charge in [0, 0.05) is 0 Å². The molecule has 3 rings (SSSR count). The number of aliphatic hydroxyl groups is 1. The number of hydrogen-bond donors (Lipinski definition) is 3. The molecular weight excluding hydrogens is 330 g/mol. The molecule has 1 aliphatic rings. The summed E-state index contributed by atoms with van der Waals surface area (Å²) in [6.45, 7) is 1.91. The summed E-state index contributed by atoms with van der Waals surface area (Å²) in [6, 6.07) is 6.33. The number of para-hydroxylation sites is 2. The van der Waals surface area contributed by atoms with E-state index in [2.05, 4.69) is 10.3 Å². The molecule has 6 nitrogen and oxygen atoms in total. The molecule has 6 heteroatoms. The van der Waals surface area contributed by atoms with Crippen LogP contribution in [-0.4, -0.2) is 28.1 Å². The summed E-state index contributed by atoms with van der Waals surface area (Å²) in [7, 11) is 0. The molecule has 0 saturated heterocycles. The number of hydrogen-bond acceptors (Lipinski definition) is 5. The van der Waals surface area contributed by atoms with E-state index in [4.69, 9.17) is 10.2 Å². The van der Waals surface area contributed by atoms with Crippen molar-refractivity contribution >= 4 is 17.0 Å². The van der Waals surface area contributed by atoms with E-state index in [0.29, 0.717) is 29.9 Å². The average molecular weight is 359 g/mol. The van der Waals surface area contributed by atoms with E-state index in [9.17, 15) is 9.90 Å². The third-order valence-electron chi connectivity index (χ3n) is 5.36. The first-order valence-electron chi connectivity index (χ1n) is 9.68. The number of benzene rings is 1. The zero-order valence-electron chi connectivity index (χ0n) is 15.4. The molecule has 0 spiro atoms. The molecule has 142 valence electrons. The highest BCUT2D eigenvalue weighted by Gasteiger charge is 2.28. The summed E-state index contributed by atoms with van der Waals surface area (Å²) in [5, 5.41) is 13.5. The molecule has 1 unspecified atom stereocenters. The number of carbonyl (C=O) groups excluding carboxylic acids is 1. The Hall–Kier alpha value is -1.92. The molecule has 2 aromatic rings. The van der Waals surface area contributed by atoms with Crippen LogP contribution in [0.15, 0.2) is 28.7 Å². The zero-order chi connectivity index (χ0) is 18.5. The first kappa shape index (κ1) is 18.9. The minimum absolute atomic E-state index is 0.211. The normalized spacial score (nSPS) is 19.2. The van der Waals surface area contributed by atoms with Crippen molar-refractivity contribution < 1.29 is 14.3 Å². The summed E-state index contributed by atoms with van der Waals surface area (Å²) >= 11 is 0. The van der Waals surface area contributed by atoms with Crippen molar-refractivity contribution in [1.82, 2.24) is 10.3 Å². The molecule has 4 N–H and O–H groups in total. The maximum Gasteiger partial charge on any atom is 0.237 e. The van der Waals surface area contributed by atoms with Crippen LogP contribution in [0.4, 0.5) is 0 Å². The quantitative estimate of drug-likeness (QED) is 0.705. The van der Waals surface area contributed by atoms with Crippen LogP contribution in [-0.2, 0) is 4.79 Å². The first-order valence-corrected chi connectivity index (χ1v) is 9.68. The van der Waals surface area contributed by atoms with E-state index in [1.165, 1.54) is 19.3 Å². The topological polar surface area (TPSA) is 101 Å². The molecule has 3 atom stereocenters. The number of nitrogens with one attached hydrogen (secondary N) is 1. The van der Waals surface area contributed by atoms with Crippen molar-refractivity contribution in [2.45, 2.75) is 70.1 Å². The predicted molar refractivity (Wildman–Crippen MR) is 100 cm³/mol. The van der Waals surface area contributed by atoms with Gasteiger partial charge in [0.1, 0.15) is 5.52 Å². The lowest BCUT2D eigenvalue weighted by molar-refractivity contribution is -0.124. The molecule has 0 aliphatic heterocycles. The number of fused-ring (bicyclic) bond motifs is 1. The largest absolute Gasteiger partial charge is 0.438 e. The van der Waals surface area contributed by atoms with E-state index in [-0.39, 0.29) is 11.8 Å². The van der Waals surface area contributed by atoms with E-state index < -0.39 is 18.2 Å². The second-order valence-corrected chi connectivity index (χ2v) is 7.33. The van der Waals surface area contributed by atoms with Crippen molar-refractivity contribution in [3.8, 4) is 0 Å². The van der Waals surface area contributed by atoms with Gasteiger partial charge >= 0.3 is 0 Å². The van der Waals surface area contributed by atoms with Crippen LogP contribution >= 0.6 is 0 Å².